The Bertz CT molecular complexity index is 2740. The number of para-hydroxylation sites is 4. The molecule has 0 spiro atoms. The summed E-state index contributed by atoms with van der Waals surface area (Å²) >= 11 is 0. The van der Waals surface area contributed by atoms with Crippen LogP contribution in [0.15, 0.2) is 176 Å². The smallest absolute Gasteiger partial charge is 0.323 e. The topological polar surface area (TPSA) is 37.0 Å². The zero-order valence-corrected chi connectivity index (χ0v) is 27.6. The van der Waals surface area contributed by atoms with Gasteiger partial charge in [0, 0.05) is 39.2 Å². The summed E-state index contributed by atoms with van der Waals surface area (Å²) in [5, 5.41) is 2.50. The van der Waals surface area contributed by atoms with Crippen molar-refractivity contribution < 1.29 is 0 Å². The van der Waals surface area contributed by atoms with E-state index in [9.17, 15) is 0 Å². The van der Waals surface area contributed by atoms with Gasteiger partial charge in [0.15, 0.2) is 11.4 Å². The number of anilines is 2. The molecular formula is C46H30N5+. The second-order valence-corrected chi connectivity index (χ2v) is 13.2. The van der Waals surface area contributed by atoms with E-state index in [1.165, 1.54) is 38.6 Å². The van der Waals surface area contributed by atoms with Gasteiger partial charge in [0.25, 0.3) is 0 Å². The molecule has 0 radical (unpaired) electrons. The molecule has 0 amide bonds. The number of fused-ring (bicyclic) bond motifs is 9. The first-order valence-electron chi connectivity index (χ1n) is 17.4. The van der Waals surface area contributed by atoms with Crippen LogP contribution in [0.5, 0.6) is 0 Å². The highest BCUT2D eigenvalue weighted by atomic mass is 15.3. The lowest BCUT2D eigenvalue weighted by atomic mass is 9.91. The minimum absolute atomic E-state index is 0.0584. The standard InChI is InChI=1S/C46H30N5/c1-4-15-30(16-5-1)36-29-37(31-17-6-2-7-18-31)48-46(47-36)51-40-25-13-12-24-39(40)50-41-28-27-34-33-21-10-11-23-38(33)49(32-19-8-3-9-20-32)45(34)43(41)35-22-14-26-42(51)44(35)50/h1-29,44H/q+1. The zero-order chi connectivity index (χ0) is 33.5. The van der Waals surface area contributed by atoms with Gasteiger partial charge in [0.05, 0.1) is 22.4 Å². The van der Waals surface area contributed by atoms with Gasteiger partial charge in [-0.3, -0.25) is 0 Å². The molecule has 51 heavy (non-hydrogen) atoms. The van der Waals surface area contributed by atoms with E-state index in [2.05, 4.69) is 178 Å². The molecule has 6 aromatic carbocycles. The van der Waals surface area contributed by atoms with Crippen molar-refractivity contribution in [2.75, 3.05) is 4.90 Å². The van der Waals surface area contributed by atoms with Crippen LogP contribution >= 0.6 is 0 Å². The van der Waals surface area contributed by atoms with Crippen molar-refractivity contribution in [1.29, 1.82) is 0 Å². The van der Waals surface area contributed by atoms with Gasteiger partial charge in [-0.15, -0.1) is 0 Å². The molecule has 8 aromatic rings. The molecule has 11 rings (SSSR count). The highest BCUT2D eigenvalue weighted by Crippen LogP contribution is 2.55. The molecule has 0 fully saturated rings. The Labute approximate surface area is 295 Å². The van der Waals surface area contributed by atoms with E-state index >= 15 is 0 Å². The lowest BCUT2D eigenvalue weighted by Crippen LogP contribution is -2.43. The number of allylic oxidation sites excluding steroid dienone is 2. The first-order chi connectivity index (χ1) is 25.3. The van der Waals surface area contributed by atoms with Crippen molar-refractivity contribution in [2.45, 2.75) is 6.04 Å². The van der Waals surface area contributed by atoms with E-state index in [0.717, 1.165) is 45.3 Å². The summed E-state index contributed by atoms with van der Waals surface area (Å²) in [6, 6.07) is 55.7. The Morgan fingerprint density at radius 2 is 1.22 bits per heavy atom. The molecule has 1 unspecified atom stereocenters. The van der Waals surface area contributed by atoms with Gasteiger partial charge >= 0.3 is 5.95 Å². The predicted octanol–water partition coefficient (Wildman–Crippen LogP) is 10.7. The third-order valence-corrected chi connectivity index (χ3v) is 10.4. The summed E-state index contributed by atoms with van der Waals surface area (Å²) in [6.45, 7) is 0. The number of benzene rings is 6. The number of nitrogens with zero attached hydrogens (tertiary/aromatic N) is 5. The highest BCUT2D eigenvalue weighted by molar-refractivity contribution is 6.25. The Hall–Kier alpha value is -6.85. The van der Waals surface area contributed by atoms with Gasteiger partial charge in [0.1, 0.15) is 17.4 Å². The molecule has 2 aromatic heterocycles. The molecule has 238 valence electrons. The summed E-state index contributed by atoms with van der Waals surface area (Å²) in [6.07, 6.45) is 6.75. The van der Waals surface area contributed by atoms with E-state index < -0.39 is 0 Å². The normalized spacial score (nSPS) is 15.6. The molecule has 2 aliphatic heterocycles. The third kappa shape index (κ3) is 4.06. The van der Waals surface area contributed by atoms with Crippen molar-refractivity contribution in [1.82, 2.24) is 19.1 Å². The number of aromatic nitrogens is 3. The predicted molar refractivity (Wildman–Crippen MR) is 210 cm³/mol. The number of hydrogen-bond acceptors (Lipinski definition) is 3. The molecule has 4 heterocycles. The van der Waals surface area contributed by atoms with Crippen molar-refractivity contribution in [2.24, 2.45) is 0 Å². The average molecular weight is 653 g/mol. The Morgan fingerprint density at radius 3 is 1.96 bits per heavy atom. The molecule has 5 nitrogen and oxygen atoms in total. The minimum atomic E-state index is -0.0584. The summed E-state index contributed by atoms with van der Waals surface area (Å²) < 4.78 is 4.73. The van der Waals surface area contributed by atoms with E-state index in [1.54, 1.807) is 0 Å². The van der Waals surface area contributed by atoms with Gasteiger partial charge in [-0.25, -0.2) is 0 Å². The monoisotopic (exact) mass is 652 g/mol. The van der Waals surface area contributed by atoms with E-state index in [-0.39, 0.29) is 6.04 Å². The quantitative estimate of drug-likeness (QED) is 0.178. The van der Waals surface area contributed by atoms with Gasteiger partial charge in [-0.2, -0.15) is 4.58 Å². The van der Waals surface area contributed by atoms with Crippen LogP contribution in [-0.4, -0.2) is 26.3 Å². The molecule has 0 saturated carbocycles. The van der Waals surface area contributed by atoms with Crippen LogP contribution in [0, 0.1) is 0 Å². The average Bonchev–Trinajstić information content (AvgIpc) is 3.73. The lowest BCUT2D eigenvalue weighted by Gasteiger charge is -2.35. The van der Waals surface area contributed by atoms with Crippen LogP contribution in [0.4, 0.5) is 23.0 Å². The molecule has 1 aliphatic carbocycles. The van der Waals surface area contributed by atoms with Crippen LogP contribution in [0.1, 0.15) is 5.56 Å². The first-order valence-corrected chi connectivity index (χ1v) is 17.4. The van der Waals surface area contributed by atoms with Gasteiger partial charge in [0.2, 0.25) is 0 Å². The second kappa shape index (κ2) is 10.8. The summed E-state index contributed by atoms with van der Waals surface area (Å²) in [5.41, 5.74) is 14.5. The fourth-order valence-electron chi connectivity index (χ4n) is 8.33. The lowest BCUT2D eigenvalue weighted by molar-refractivity contribution is 0.884. The third-order valence-electron chi connectivity index (χ3n) is 10.4. The molecule has 1 atom stereocenters. The second-order valence-electron chi connectivity index (χ2n) is 13.2. The van der Waals surface area contributed by atoms with Gasteiger partial charge in [-0.05, 0) is 48.0 Å². The van der Waals surface area contributed by atoms with Gasteiger partial charge in [-0.1, -0.05) is 137 Å². The summed E-state index contributed by atoms with van der Waals surface area (Å²) in [4.78, 5) is 13.2. The van der Waals surface area contributed by atoms with Crippen LogP contribution in [0.2, 0.25) is 0 Å². The minimum Gasteiger partial charge on any atom is -0.323 e. The summed E-state index contributed by atoms with van der Waals surface area (Å²) in [5.74, 6) is 0.655. The molecule has 5 heteroatoms. The fourth-order valence-corrected chi connectivity index (χ4v) is 8.33. The van der Waals surface area contributed by atoms with Crippen LogP contribution in [0.3, 0.4) is 0 Å². The van der Waals surface area contributed by atoms with Crippen molar-refractivity contribution in [3.63, 3.8) is 0 Å². The zero-order valence-electron chi connectivity index (χ0n) is 27.6. The largest absolute Gasteiger partial charge is 0.439 e. The first kappa shape index (κ1) is 28.0. The van der Waals surface area contributed by atoms with Crippen LogP contribution in [0.25, 0.3) is 55.6 Å². The fraction of sp³-hybridized carbons (Fsp3) is 0.0217. The highest BCUT2D eigenvalue weighted by Gasteiger charge is 2.47. The number of rotatable bonds is 4. The maximum absolute atomic E-state index is 5.31. The van der Waals surface area contributed by atoms with Gasteiger partial charge < -0.3 is 9.47 Å². The maximum atomic E-state index is 5.31. The van der Waals surface area contributed by atoms with E-state index in [4.69, 9.17) is 9.97 Å². The number of hydrogen-bond donors (Lipinski definition) is 0. The van der Waals surface area contributed by atoms with Crippen LogP contribution < -0.4 is 9.48 Å². The Balaban J connectivity index is 1.20. The van der Waals surface area contributed by atoms with Crippen molar-refractivity contribution >= 4 is 56.1 Å². The van der Waals surface area contributed by atoms with Crippen molar-refractivity contribution in [3.05, 3.63) is 182 Å². The molecular weight excluding hydrogens is 623 g/mol. The van der Waals surface area contributed by atoms with Crippen molar-refractivity contribution in [3.8, 4) is 28.2 Å². The Morgan fingerprint density at radius 1 is 0.569 bits per heavy atom. The summed E-state index contributed by atoms with van der Waals surface area (Å²) in [7, 11) is 0. The maximum Gasteiger partial charge on any atom is 0.439 e. The van der Waals surface area contributed by atoms with E-state index in [0.29, 0.717) is 5.95 Å². The van der Waals surface area contributed by atoms with E-state index in [1.807, 2.05) is 12.1 Å². The van der Waals surface area contributed by atoms with Crippen LogP contribution in [-0.2, 0) is 0 Å². The SMILES string of the molecule is C1=CC2=[N+](c3nc(-c4ccccc4)cc(-c4ccccc4)n3)c3ccccc3N3c4ccc5c6ccccc6n(-c6ccccc6)c5c4C(=C1)C23. The molecule has 0 saturated heterocycles. The molecule has 0 N–H and O–H groups in total. The molecule has 3 aliphatic rings. The Kier molecular flexibility index (Phi) is 5.95. The molecule has 0 bridgehead atoms.